The van der Waals surface area contributed by atoms with Crippen LogP contribution in [0, 0.1) is 27.7 Å². The van der Waals surface area contributed by atoms with E-state index in [9.17, 15) is 0 Å². The first kappa shape index (κ1) is 20.9. The number of allylic oxidation sites excluding steroid dienone is 1. The van der Waals surface area contributed by atoms with Gasteiger partial charge in [-0.2, -0.15) is 0 Å². The Hall–Kier alpha value is -3.39. The van der Waals surface area contributed by atoms with E-state index in [1.807, 2.05) is 18.6 Å². The highest BCUT2D eigenvalue weighted by Gasteiger charge is 2.25. The Labute approximate surface area is 185 Å². The summed E-state index contributed by atoms with van der Waals surface area (Å²) in [4.78, 5) is 4.49. The lowest BCUT2D eigenvalue weighted by Crippen LogP contribution is -2.12. The quantitative estimate of drug-likeness (QED) is 0.337. The van der Waals surface area contributed by atoms with Gasteiger partial charge in [0.15, 0.2) is 0 Å². The van der Waals surface area contributed by atoms with Crippen molar-refractivity contribution in [1.29, 1.82) is 0 Å². The van der Waals surface area contributed by atoms with Crippen molar-refractivity contribution < 1.29 is 0 Å². The van der Waals surface area contributed by atoms with E-state index in [1.165, 1.54) is 38.9 Å². The minimum Gasteiger partial charge on any atom is -0.326 e. The van der Waals surface area contributed by atoms with Crippen LogP contribution in [0.15, 0.2) is 85.8 Å². The fourth-order valence-electron chi connectivity index (χ4n) is 4.36. The van der Waals surface area contributed by atoms with Crippen molar-refractivity contribution in [2.75, 3.05) is 0 Å². The maximum Gasteiger partial charge on any atom is 0.0954 e. The lowest BCUT2D eigenvalue weighted by Gasteiger charge is -2.26. The third-order valence-electron chi connectivity index (χ3n) is 6.50. The van der Waals surface area contributed by atoms with Crippen molar-refractivity contribution in [2.45, 2.75) is 40.2 Å². The van der Waals surface area contributed by atoms with Crippen molar-refractivity contribution in [2.24, 2.45) is 0 Å². The molecule has 0 saturated heterocycles. The Kier molecular flexibility index (Phi) is 5.90. The fraction of sp³-hybridized carbons (Fsp3) is 0.207. The largest absolute Gasteiger partial charge is 0.326 e. The van der Waals surface area contributed by atoms with Gasteiger partial charge < -0.3 is 4.57 Å². The van der Waals surface area contributed by atoms with Crippen molar-refractivity contribution in [1.82, 2.24) is 9.55 Å². The molecule has 0 aliphatic rings. The number of nitrogens with zero attached hydrogens (tertiary/aromatic N) is 2. The summed E-state index contributed by atoms with van der Waals surface area (Å²) in [6.07, 6.45) is 3.87. The van der Waals surface area contributed by atoms with E-state index in [4.69, 9.17) is 0 Å². The molecule has 0 saturated carbocycles. The highest BCUT2D eigenvalue weighted by Crippen LogP contribution is 2.40. The summed E-state index contributed by atoms with van der Waals surface area (Å²) in [5, 5.41) is 0. The van der Waals surface area contributed by atoms with Gasteiger partial charge in [-0.15, -0.1) is 0 Å². The fourth-order valence-corrected chi connectivity index (χ4v) is 4.36. The van der Waals surface area contributed by atoms with Crippen LogP contribution in [-0.2, 0) is 6.54 Å². The van der Waals surface area contributed by atoms with Crippen molar-refractivity contribution in [3.05, 3.63) is 130 Å². The van der Waals surface area contributed by atoms with Crippen LogP contribution in [0.3, 0.4) is 0 Å². The molecule has 2 heteroatoms. The van der Waals surface area contributed by atoms with Crippen molar-refractivity contribution in [3.63, 3.8) is 0 Å². The molecule has 1 aromatic heterocycles. The highest BCUT2D eigenvalue weighted by atomic mass is 15.0. The Bertz CT molecular complexity index is 1160. The van der Waals surface area contributed by atoms with Gasteiger partial charge in [0.2, 0.25) is 0 Å². The van der Waals surface area contributed by atoms with Gasteiger partial charge >= 0.3 is 0 Å². The zero-order valence-electron chi connectivity index (χ0n) is 18.9. The predicted octanol–water partition coefficient (Wildman–Crippen LogP) is 7.01. The van der Waals surface area contributed by atoms with Gasteiger partial charge in [-0.3, -0.25) is 0 Å². The summed E-state index contributed by atoms with van der Waals surface area (Å²) in [7, 11) is 0. The minimum atomic E-state index is 0.0750. The first-order valence-corrected chi connectivity index (χ1v) is 10.8. The summed E-state index contributed by atoms with van der Waals surface area (Å²) in [5.41, 5.74) is 11.3. The molecule has 0 aliphatic carbocycles. The van der Waals surface area contributed by atoms with Crippen LogP contribution in [0.25, 0.3) is 5.57 Å². The number of hydrogen-bond donors (Lipinski definition) is 0. The lowest BCUT2D eigenvalue weighted by molar-refractivity contribution is 0.779. The monoisotopic (exact) mass is 406 g/mol. The van der Waals surface area contributed by atoms with Gasteiger partial charge in [0.25, 0.3) is 0 Å². The lowest BCUT2D eigenvalue weighted by atomic mass is 9.79. The van der Waals surface area contributed by atoms with E-state index in [0.717, 1.165) is 17.8 Å². The molecular weight excluding hydrogens is 376 g/mol. The zero-order valence-corrected chi connectivity index (χ0v) is 18.9. The summed E-state index contributed by atoms with van der Waals surface area (Å²) in [6.45, 7) is 14.2. The predicted molar refractivity (Wildman–Crippen MR) is 130 cm³/mol. The summed E-state index contributed by atoms with van der Waals surface area (Å²) < 4.78 is 2.21. The summed E-state index contributed by atoms with van der Waals surface area (Å²) in [6, 6.07) is 23.7. The number of rotatable bonds is 6. The molecular formula is C29H30N2. The van der Waals surface area contributed by atoms with E-state index in [1.54, 1.807) is 0 Å². The van der Waals surface area contributed by atoms with Gasteiger partial charge in [0, 0.05) is 12.5 Å². The van der Waals surface area contributed by atoms with E-state index in [-0.39, 0.29) is 5.92 Å². The van der Waals surface area contributed by atoms with Crippen LogP contribution in [0.4, 0.5) is 0 Å². The topological polar surface area (TPSA) is 17.8 Å². The molecule has 0 bridgehead atoms. The normalized spacial score (nSPS) is 11.1. The first-order chi connectivity index (χ1) is 15.0. The molecule has 0 unspecified atom stereocenters. The zero-order chi connectivity index (χ0) is 22.0. The third-order valence-corrected chi connectivity index (χ3v) is 6.50. The molecule has 0 spiro atoms. The second-order valence-electron chi connectivity index (χ2n) is 8.43. The molecule has 156 valence electrons. The second kappa shape index (κ2) is 8.77. The maximum absolute atomic E-state index is 4.63. The van der Waals surface area contributed by atoms with Crippen LogP contribution in [-0.4, -0.2) is 9.55 Å². The van der Waals surface area contributed by atoms with Crippen molar-refractivity contribution >= 4 is 5.57 Å². The minimum absolute atomic E-state index is 0.0750. The molecule has 4 aromatic rings. The molecule has 0 aliphatic heterocycles. The van der Waals surface area contributed by atoms with Gasteiger partial charge in [-0.25, -0.2) is 4.98 Å². The standard InChI is InChI=1S/C29H30N2/c1-20-11-9-15-26(22(20)3)29(27-16-10-12-21(2)23(27)4)24(5)28-17-30-19-31(28)18-25-13-7-6-8-14-25/h6-17,19,29H,5,18H2,1-4H3. The number of imidazole rings is 1. The SMILES string of the molecule is C=C(c1cncn1Cc1ccccc1)C(c1cccc(C)c1C)c1cccc(C)c1C. The Morgan fingerprint density at radius 2 is 1.39 bits per heavy atom. The van der Waals surface area contributed by atoms with E-state index >= 15 is 0 Å². The molecule has 4 rings (SSSR count). The number of hydrogen-bond acceptors (Lipinski definition) is 1. The Balaban J connectivity index is 1.84. The smallest absolute Gasteiger partial charge is 0.0954 e. The van der Waals surface area contributed by atoms with Crippen LogP contribution in [0.2, 0.25) is 0 Å². The molecule has 0 amide bonds. The molecule has 2 nitrogen and oxygen atoms in total. The first-order valence-electron chi connectivity index (χ1n) is 10.8. The average molecular weight is 407 g/mol. The molecule has 0 fully saturated rings. The van der Waals surface area contributed by atoms with E-state index < -0.39 is 0 Å². The maximum atomic E-state index is 4.63. The van der Waals surface area contributed by atoms with Crippen LogP contribution < -0.4 is 0 Å². The molecule has 0 radical (unpaired) electrons. The number of benzene rings is 3. The number of aryl methyl sites for hydroxylation is 2. The Morgan fingerprint density at radius 1 is 0.806 bits per heavy atom. The molecule has 0 N–H and O–H groups in total. The van der Waals surface area contributed by atoms with E-state index in [0.29, 0.717) is 0 Å². The van der Waals surface area contributed by atoms with Crippen LogP contribution >= 0.6 is 0 Å². The molecule has 0 atom stereocenters. The van der Waals surface area contributed by atoms with Gasteiger partial charge in [-0.1, -0.05) is 73.3 Å². The Morgan fingerprint density at radius 3 is 1.97 bits per heavy atom. The molecule has 1 heterocycles. The molecule has 3 aromatic carbocycles. The van der Waals surface area contributed by atoms with Crippen molar-refractivity contribution in [3.8, 4) is 0 Å². The highest BCUT2D eigenvalue weighted by molar-refractivity contribution is 5.73. The van der Waals surface area contributed by atoms with Gasteiger partial charge in [0.1, 0.15) is 0 Å². The van der Waals surface area contributed by atoms with E-state index in [2.05, 4.69) is 104 Å². The second-order valence-corrected chi connectivity index (χ2v) is 8.43. The van der Waals surface area contributed by atoms with Crippen LogP contribution in [0.1, 0.15) is 50.6 Å². The average Bonchev–Trinajstić information content (AvgIpc) is 3.23. The van der Waals surface area contributed by atoms with Crippen LogP contribution in [0.5, 0.6) is 0 Å². The summed E-state index contributed by atoms with van der Waals surface area (Å²) in [5.74, 6) is 0.0750. The summed E-state index contributed by atoms with van der Waals surface area (Å²) >= 11 is 0. The molecule has 31 heavy (non-hydrogen) atoms. The third kappa shape index (κ3) is 4.11. The van der Waals surface area contributed by atoms with Gasteiger partial charge in [0.05, 0.1) is 18.2 Å². The van der Waals surface area contributed by atoms with Gasteiger partial charge in [-0.05, 0) is 72.2 Å². The number of aromatic nitrogens is 2.